The van der Waals surface area contributed by atoms with Crippen LogP contribution in [0.1, 0.15) is 0 Å². The van der Waals surface area contributed by atoms with Crippen LogP contribution >= 0.6 is 0 Å². The molecule has 0 unspecified atom stereocenters. The van der Waals surface area contributed by atoms with Crippen molar-refractivity contribution in [2.24, 2.45) is 0 Å². The second kappa shape index (κ2) is 3.48. The number of pyridine rings is 1. The quantitative estimate of drug-likeness (QED) is 0.509. The van der Waals surface area contributed by atoms with Gasteiger partial charge in [0, 0.05) is 6.20 Å². The highest BCUT2D eigenvalue weighted by atomic mass is 16.1. The van der Waals surface area contributed by atoms with Gasteiger partial charge in [0.2, 0.25) is 5.78 Å². The molecule has 0 aliphatic rings. The van der Waals surface area contributed by atoms with E-state index in [1.54, 1.807) is 6.20 Å². The Morgan fingerprint density at radius 2 is 2.11 bits per heavy atom. The Morgan fingerprint density at radius 3 is 2.95 bits per heavy atom. The van der Waals surface area contributed by atoms with E-state index in [1.165, 1.54) is 10.8 Å². The molecule has 8 heteroatoms. The lowest BCUT2D eigenvalue weighted by Crippen LogP contribution is -2.03. The van der Waals surface area contributed by atoms with E-state index in [2.05, 4.69) is 30.0 Å². The molecule has 4 aromatic heterocycles. The highest BCUT2D eigenvalue weighted by Crippen LogP contribution is 2.22. The first-order valence-electron chi connectivity index (χ1n) is 5.56. The summed E-state index contributed by atoms with van der Waals surface area (Å²) >= 11 is 0. The maximum Gasteiger partial charge on any atom is 0.340 e. The molecule has 92 valence electrons. The minimum atomic E-state index is -0.333. The van der Waals surface area contributed by atoms with Crippen LogP contribution in [0.25, 0.3) is 28.3 Å². The van der Waals surface area contributed by atoms with Crippen LogP contribution < -0.4 is 5.69 Å². The third kappa shape index (κ3) is 1.36. The van der Waals surface area contributed by atoms with Gasteiger partial charge in [0.1, 0.15) is 17.5 Å². The Kier molecular flexibility index (Phi) is 1.82. The highest BCUT2D eigenvalue weighted by molar-refractivity contribution is 5.88. The van der Waals surface area contributed by atoms with Gasteiger partial charge in [-0.3, -0.25) is 9.97 Å². The van der Waals surface area contributed by atoms with Crippen molar-refractivity contribution in [3.63, 3.8) is 0 Å². The van der Waals surface area contributed by atoms with Crippen molar-refractivity contribution >= 4 is 16.9 Å². The monoisotopic (exact) mass is 253 g/mol. The SMILES string of the molecule is O=c1[nH]c2nc3ncnc(-c4ccccn4)c3n2[nH]1. The van der Waals surface area contributed by atoms with Gasteiger partial charge in [0.25, 0.3) is 0 Å². The summed E-state index contributed by atoms with van der Waals surface area (Å²) in [5, 5.41) is 2.63. The van der Waals surface area contributed by atoms with Crippen LogP contribution in [0, 0.1) is 0 Å². The number of aromatic amines is 2. The molecule has 0 fully saturated rings. The third-order valence-corrected chi connectivity index (χ3v) is 2.80. The third-order valence-electron chi connectivity index (χ3n) is 2.80. The molecule has 0 aliphatic heterocycles. The van der Waals surface area contributed by atoms with Crippen molar-refractivity contribution in [3.05, 3.63) is 41.2 Å². The molecule has 0 bridgehead atoms. The lowest BCUT2D eigenvalue weighted by atomic mass is 10.2. The molecule has 0 atom stereocenters. The van der Waals surface area contributed by atoms with Crippen LogP contribution in [0.2, 0.25) is 0 Å². The number of rotatable bonds is 1. The summed E-state index contributed by atoms with van der Waals surface area (Å²) in [6.07, 6.45) is 3.11. The summed E-state index contributed by atoms with van der Waals surface area (Å²) in [4.78, 5) is 30.7. The maximum absolute atomic E-state index is 11.3. The molecule has 8 nitrogen and oxygen atoms in total. The van der Waals surface area contributed by atoms with Crippen LogP contribution in [0.5, 0.6) is 0 Å². The van der Waals surface area contributed by atoms with Gasteiger partial charge in [0.15, 0.2) is 5.65 Å². The van der Waals surface area contributed by atoms with Crippen molar-refractivity contribution < 1.29 is 0 Å². The van der Waals surface area contributed by atoms with Crippen molar-refractivity contribution in [2.45, 2.75) is 0 Å². The number of nitrogens with one attached hydrogen (secondary N) is 2. The first kappa shape index (κ1) is 9.95. The van der Waals surface area contributed by atoms with E-state index in [0.717, 1.165) is 0 Å². The summed E-state index contributed by atoms with van der Waals surface area (Å²) in [7, 11) is 0. The van der Waals surface area contributed by atoms with Crippen LogP contribution in [0.15, 0.2) is 35.5 Å². The average Bonchev–Trinajstić information content (AvgIpc) is 2.95. The van der Waals surface area contributed by atoms with E-state index in [9.17, 15) is 4.79 Å². The molecule has 0 amide bonds. The first-order valence-corrected chi connectivity index (χ1v) is 5.56. The minimum Gasteiger partial charge on any atom is -0.275 e. The number of hydrogen-bond donors (Lipinski definition) is 2. The van der Waals surface area contributed by atoms with E-state index in [1.807, 2.05) is 18.2 Å². The van der Waals surface area contributed by atoms with Crippen LogP contribution in [-0.4, -0.2) is 34.5 Å². The predicted octanol–water partition coefficient (Wildman–Crippen LogP) is 0.356. The fourth-order valence-electron chi connectivity index (χ4n) is 2.03. The van der Waals surface area contributed by atoms with Gasteiger partial charge in [-0.05, 0) is 12.1 Å². The fourth-order valence-corrected chi connectivity index (χ4v) is 2.03. The number of hydrogen-bond acceptors (Lipinski definition) is 5. The number of imidazole rings is 1. The summed E-state index contributed by atoms with van der Waals surface area (Å²) in [6.45, 7) is 0. The van der Waals surface area contributed by atoms with Gasteiger partial charge in [-0.2, -0.15) is 4.98 Å². The van der Waals surface area contributed by atoms with E-state index in [0.29, 0.717) is 28.3 Å². The number of nitrogens with zero attached hydrogens (tertiary/aromatic N) is 5. The van der Waals surface area contributed by atoms with E-state index < -0.39 is 0 Å². The Morgan fingerprint density at radius 1 is 1.16 bits per heavy atom. The Bertz CT molecular complexity index is 934. The number of H-pyrrole nitrogens is 2. The molecule has 4 aromatic rings. The Balaban J connectivity index is 2.18. The summed E-state index contributed by atoms with van der Waals surface area (Å²) in [5.74, 6) is 0.401. The van der Waals surface area contributed by atoms with Gasteiger partial charge in [-0.15, -0.1) is 0 Å². The van der Waals surface area contributed by atoms with Gasteiger partial charge in [0.05, 0.1) is 5.69 Å². The Hall–Kier alpha value is -3.03. The molecule has 2 N–H and O–H groups in total. The van der Waals surface area contributed by atoms with E-state index in [-0.39, 0.29) is 5.69 Å². The van der Waals surface area contributed by atoms with Gasteiger partial charge in [-0.1, -0.05) is 6.07 Å². The van der Waals surface area contributed by atoms with Crippen molar-refractivity contribution in [2.75, 3.05) is 0 Å². The highest BCUT2D eigenvalue weighted by Gasteiger charge is 2.15. The fraction of sp³-hybridized carbons (Fsp3) is 0. The molecule has 0 saturated heterocycles. The van der Waals surface area contributed by atoms with Crippen LogP contribution in [-0.2, 0) is 0 Å². The topological polar surface area (TPSA) is 105 Å². The van der Waals surface area contributed by atoms with Crippen molar-refractivity contribution in [1.82, 2.24) is 34.5 Å². The van der Waals surface area contributed by atoms with Gasteiger partial charge in [-0.25, -0.2) is 24.4 Å². The van der Waals surface area contributed by atoms with Crippen LogP contribution in [0.3, 0.4) is 0 Å². The standard InChI is InChI=1S/C11H7N7O/c19-11-16-10-15-9-8(18(10)17-11)7(13-5-14-9)6-3-1-2-4-12-6/h1-5H,(H2,13,14,15,16,17,19). The number of fused-ring (bicyclic) bond motifs is 3. The largest absolute Gasteiger partial charge is 0.340 e. The van der Waals surface area contributed by atoms with Gasteiger partial charge < -0.3 is 0 Å². The predicted molar refractivity (Wildman–Crippen MR) is 66.5 cm³/mol. The summed E-state index contributed by atoms with van der Waals surface area (Å²) in [6, 6.07) is 5.53. The molecule has 4 heterocycles. The molecule has 0 spiro atoms. The molecule has 19 heavy (non-hydrogen) atoms. The molecule has 0 saturated carbocycles. The smallest absolute Gasteiger partial charge is 0.275 e. The summed E-state index contributed by atoms with van der Waals surface area (Å²) in [5.41, 5.74) is 2.10. The second-order valence-electron chi connectivity index (χ2n) is 3.95. The average molecular weight is 253 g/mol. The zero-order chi connectivity index (χ0) is 12.8. The Labute approximate surface area is 105 Å². The van der Waals surface area contributed by atoms with Crippen LogP contribution in [0.4, 0.5) is 0 Å². The normalized spacial score (nSPS) is 11.4. The molecular weight excluding hydrogens is 246 g/mol. The van der Waals surface area contributed by atoms with Gasteiger partial charge >= 0.3 is 5.69 Å². The molecule has 0 aliphatic carbocycles. The zero-order valence-electron chi connectivity index (χ0n) is 9.53. The number of aromatic nitrogens is 7. The first-order chi connectivity index (χ1) is 9.33. The second-order valence-corrected chi connectivity index (χ2v) is 3.95. The lowest BCUT2D eigenvalue weighted by Gasteiger charge is -2.00. The lowest BCUT2D eigenvalue weighted by molar-refractivity contribution is 0.970. The zero-order valence-corrected chi connectivity index (χ0v) is 9.53. The minimum absolute atomic E-state index is 0.333. The molecule has 0 aromatic carbocycles. The summed E-state index contributed by atoms with van der Waals surface area (Å²) < 4.78 is 1.53. The molecular formula is C11H7N7O. The molecule has 0 radical (unpaired) electrons. The van der Waals surface area contributed by atoms with E-state index in [4.69, 9.17) is 0 Å². The van der Waals surface area contributed by atoms with Crippen molar-refractivity contribution in [3.8, 4) is 11.4 Å². The maximum atomic E-state index is 11.3. The molecule has 4 rings (SSSR count). The van der Waals surface area contributed by atoms with E-state index >= 15 is 0 Å². The van der Waals surface area contributed by atoms with Crippen molar-refractivity contribution in [1.29, 1.82) is 0 Å².